The Hall–Kier alpha value is -1.55. The average Bonchev–Trinajstić information content (AvgIpc) is 3.22. The Morgan fingerprint density at radius 2 is 2.08 bits per heavy atom. The van der Waals surface area contributed by atoms with E-state index in [1.54, 1.807) is 18.5 Å². The minimum absolute atomic E-state index is 0.0591. The van der Waals surface area contributed by atoms with E-state index >= 15 is 0 Å². The second kappa shape index (κ2) is 6.07. The Morgan fingerprint density at radius 1 is 1.29 bits per heavy atom. The molecule has 4 rings (SSSR count). The van der Waals surface area contributed by atoms with Crippen molar-refractivity contribution in [2.24, 2.45) is 0 Å². The number of hydrogen-bond acceptors (Lipinski definition) is 7. The normalized spacial score (nSPS) is 25.0. The summed E-state index contributed by atoms with van der Waals surface area (Å²) >= 11 is 1.27. The fraction of sp³-hybridized carbons (Fsp3) is 0.467. The lowest BCUT2D eigenvalue weighted by Crippen LogP contribution is -2.51. The van der Waals surface area contributed by atoms with Crippen LogP contribution < -0.4 is 4.90 Å². The van der Waals surface area contributed by atoms with Gasteiger partial charge < -0.3 is 9.64 Å². The summed E-state index contributed by atoms with van der Waals surface area (Å²) in [6, 6.07) is 3.55. The Bertz CT molecular complexity index is 824. The van der Waals surface area contributed by atoms with Crippen LogP contribution in [0.5, 0.6) is 0 Å². The summed E-state index contributed by atoms with van der Waals surface area (Å²) in [6.07, 6.45) is 3.24. The van der Waals surface area contributed by atoms with E-state index in [0.29, 0.717) is 36.4 Å². The molecule has 4 heterocycles. The third-order valence-electron chi connectivity index (χ3n) is 4.47. The van der Waals surface area contributed by atoms with Crippen LogP contribution in [0, 0.1) is 6.92 Å². The number of ether oxygens (including phenoxy) is 1. The zero-order valence-corrected chi connectivity index (χ0v) is 14.8. The number of fused-ring (bicyclic) bond motifs is 1. The Kier molecular flexibility index (Phi) is 4.03. The maximum Gasteiger partial charge on any atom is 0.252 e. The fourth-order valence-corrected chi connectivity index (χ4v) is 6.30. The summed E-state index contributed by atoms with van der Waals surface area (Å²) in [5, 5.41) is 1.81. The van der Waals surface area contributed by atoms with Crippen LogP contribution in [0.1, 0.15) is 5.56 Å². The van der Waals surface area contributed by atoms with Crippen molar-refractivity contribution in [3.63, 3.8) is 0 Å². The topological polar surface area (TPSA) is 75.6 Å². The third kappa shape index (κ3) is 2.61. The summed E-state index contributed by atoms with van der Waals surface area (Å²) in [4.78, 5) is 10.7. The van der Waals surface area contributed by atoms with E-state index in [2.05, 4.69) is 14.9 Å². The van der Waals surface area contributed by atoms with Crippen LogP contribution in [0.2, 0.25) is 0 Å². The molecule has 7 nitrogen and oxygen atoms in total. The highest BCUT2D eigenvalue weighted by Crippen LogP contribution is 2.32. The van der Waals surface area contributed by atoms with Crippen LogP contribution in [0.25, 0.3) is 0 Å². The van der Waals surface area contributed by atoms with E-state index in [0.717, 1.165) is 5.56 Å². The van der Waals surface area contributed by atoms with Gasteiger partial charge in [-0.2, -0.15) is 4.31 Å². The van der Waals surface area contributed by atoms with Crippen molar-refractivity contribution in [2.75, 3.05) is 31.1 Å². The molecule has 0 amide bonds. The maximum absolute atomic E-state index is 12.9. The van der Waals surface area contributed by atoms with Crippen LogP contribution in [-0.4, -0.2) is 61.1 Å². The summed E-state index contributed by atoms with van der Waals surface area (Å²) in [5.41, 5.74) is 0.791. The number of thiophene rings is 1. The van der Waals surface area contributed by atoms with E-state index in [-0.39, 0.29) is 12.1 Å². The molecule has 128 valence electrons. The van der Waals surface area contributed by atoms with Crippen LogP contribution in [0.3, 0.4) is 0 Å². The molecule has 0 bridgehead atoms. The minimum Gasteiger partial charge on any atom is -0.373 e. The number of nitrogens with zero attached hydrogens (tertiary/aromatic N) is 4. The smallest absolute Gasteiger partial charge is 0.252 e. The lowest BCUT2D eigenvalue weighted by molar-refractivity contribution is 0.0325. The zero-order valence-electron chi connectivity index (χ0n) is 13.2. The van der Waals surface area contributed by atoms with Crippen molar-refractivity contribution in [1.29, 1.82) is 0 Å². The highest BCUT2D eigenvalue weighted by atomic mass is 32.2. The molecule has 0 aliphatic carbocycles. The minimum atomic E-state index is -3.49. The van der Waals surface area contributed by atoms with Crippen molar-refractivity contribution in [3.05, 3.63) is 35.5 Å². The zero-order chi connectivity index (χ0) is 16.7. The second-order valence-corrected chi connectivity index (χ2v) is 8.98. The van der Waals surface area contributed by atoms with Gasteiger partial charge in [0.1, 0.15) is 4.21 Å². The number of anilines is 1. The van der Waals surface area contributed by atoms with Gasteiger partial charge in [0, 0.05) is 32.0 Å². The van der Waals surface area contributed by atoms with Crippen LogP contribution in [-0.2, 0) is 14.8 Å². The molecule has 0 aromatic carbocycles. The van der Waals surface area contributed by atoms with Crippen molar-refractivity contribution in [1.82, 2.24) is 14.3 Å². The average molecular weight is 366 g/mol. The summed E-state index contributed by atoms with van der Waals surface area (Å²) in [6.45, 7) is 3.80. The SMILES string of the molecule is Cc1ccsc1S(=O)(=O)N1C[C@@H]2OCCN(c3ncccn3)[C@H]2C1. The molecule has 2 saturated heterocycles. The number of aromatic nitrogens is 2. The van der Waals surface area contributed by atoms with E-state index in [4.69, 9.17) is 4.74 Å². The standard InChI is InChI=1S/C15H18N4O3S2/c1-11-3-8-23-14(11)24(20,21)18-9-12-13(10-18)22-7-6-19(12)15-16-4-2-5-17-15/h2-5,8,12-13H,6-7,9-10H2,1H3/t12-,13-/m0/s1. The van der Waals surface area contributed by atoms with E-state index in [9.17, 15) is 8.42 Å². The van der Waals surface area contributed by atoms with Crippen LogP contribution in [0.15, 0.2) is 34.1 Å². The first-order valence-corrected chi connectivity index (χ1v) is 10.1. The van der Waals surface area contributed by atoms with E-state index < -0.39 is 10.0 Å². The summed E-state index contributed by atoms with van der Waals surface area (Å²) < 4.78 is 33.6. The van der Waals surface area contributed by atoms with Gasteiger partial charge in [0.15, 0.2) is 0 Å². The molecular weight excluding hydrogens is 348 g/mol. The number of hydrogen-bond donors (Lipinski definition) is 0. The van der Waals surface area contributed by atoms with Gasteiger partial charge in [-0.25, -0.2) is 18.4 Å². The molecule has 2 aromatic heterocycles. The van der Waals surface area contributed by atoms with Gasteiger partial charge in [0.25, 0.3) is 10.0 Å². The largest absolute Gasteiger partial charge is 0.373 e. The third-order valence-corrected chi connectivity index (χ3v) is 7.96. The predicted octanol–water partition coefficient (Wildman–Crippen LogP) is 1.12. The quantitative estimate of drug-likeness (QED) is 0.810. The van der Waals surface area contributed by atoms with Gasteiger partial charge >= 0.3 is 0 Å². The number of sulfonamides is 1. The lowest BCUT2D eigenvalue weighted by atomic mass is 10.1. The van der Waals surface area contributed by atoms with Crippen LogP contribution in [0.4, 0.5) is 5.95 Å². The Balaban J connectivity index is 1.62. The first-order chi connectivity index (χ1) is 11.6. The van der Waals surface area contributed by atoms with Gasteiger partial charge in [0.2, 0.25) is 5.95 Å². The fourth-order valence-electron chi connectivity index (χ4n) is 3.28. The molecule has 0 unspecified atom stereocenters. The van der Waals surface area contributed by atoms with Gasteiger partial charge in [0.05, 0.1) is 18.8 Å². The first kappa shape index (κ1) is 15.9. The monoisotopic (exact) mass is 366 g/mol. The molecule has 9 heteroatoms. The molecule has 2 aromatic rings. The van der Waals surface area contributed by atoms with Crippen molar-refractivity contribution in [3.8, 4) is 0 Å². The van der Waals surface area contributed by atoms with Gasteiger partial charge in [-0.1, -0.05) is 0 Å². The Morgan fingerprint density at radius 3 is 2.79 bits per heavy atom. The molecule has 2 aliphatic rings. The molecule has 2 fully saturated rings. The highest BCUT2D eigenvalue weighted by Gasteiger charge is 2.45. The number of morpholine rings is 1. The molecule has 24 heavy (non-hydrogen) atoms. The number of rotatable bonds is 3. The van der Waals surface area contributed by atoms with E-state index in [1.165, 1.54) is 15.6 Å². The molecular formula is C15H18N4O3S2. The lowest BCUT2D eigenvalue weighted by Gasteiger charge is -2.36. The molecule has 0 saturated carbocycles. The predicted molar refractivity (Wildman–Crippen MR) is 90.7 cm³/mol. The summed E-state index contributed by atoms with van der Waals surface area (Å²) in [7, 11) is -3.49. The maximum atomic E-state index is 12.9. The Labute approximate surface area is 145 Å². The number of aryl methyl sites for hydroxylation is 1. The molecule has 2 atom stereocenters. The van der Waals surface area contributed by atoms with Gasteiger partial charge in [-0.05, 0) is 30.0 Å². The van der Waals surface area contributed by atoms with Crippen LogP contribution >= 0.6 is 11.3 Å². The second-order valence-electron chi connectivity index (χ2n) is 5.93. The molecule has 0 radical (unpaired) electrons. The van der Waals surface area contributed by atoms with Gasteiger partial charge in [-0.15, -0.1) is 11.3 Å². The summed E-state index contributed by atoms with van der Waals surface area (Å²) in [5.74, 6) is 0.627. The van der Waals surface area contributed by atoms with Gasteiger partial charge in [-0.3, -0.25) is 0 Å². The molecule has 0 spiro atoms. The van der Waals surface area contributed by atoms with Crippen molar-refractivity contribution in [2.45, 2.75) is 23.3 Å². The highest BCUT2D eigenvalue weighted by molar-refractivity contribution is 7.91. The first-order valence-electron chi connectivity index (χ1n) is 7.77. The van der Waals surface area contributed by atoms with E-state index in [1.807, 2.05) is 18.4 Å². The molecule has 2 aliphatic heterocycles. The van der Waals surface area contributed by atoms with Crippen molar-refractivity contribution >= 4 is 27.3 Å². The van der Waals surface area contributed by atoms with Crippen molar-refractivity contribution < 1.29 is 13.2 Å². The molecule has 0 N–H and O–H groups in total.